The molecule has 1 fully saturated rings. The first-order chi connectivity index (χ1) is 13.5. The van der Waals surface area contributed by atoms with E-state index in [1.807, 2.05) is 24.5 Å². The third-order valence-corrected chi connectivity index (χ3v) is 6.08. The Kier molecular flexibility index (Phi) is 6.89. The van der Waals surface area contributed by atoms with E-state index in [0.717, 1.165) is 24.1 Å². The van der Waals surface area contributed by atoms with Crippen molar-refractivity contribution in [2.45, 2.75) is 77.9 Å². The summed E-state index contributed by atoms with van der Waals surface area (Å²) < 4.78 is 16.1. The predicted molar refractivity (Wildman–Crippen MR) is 109 cm³/mol. The lowest BCUT2D eigenvalue weighted by atomic mass is 9.96. The van der Waals surface area contributed by atoms with Crippen LogP contribution in [-0.4, -0.2) is 21.7 Å². The molecule has 1 aliphatic carbocycles. The summed E-state index contributed by atoms with van der Waals surface area (Å²) in [5.41, 5.74) is 3.33. The lowest BCUT2D eigenvalue weighted by Crippen LogP contribution is -2.30. The summed E-state index contributed by atoms with van der Waals surface area (Å²) in [6.45, 7) is 4.64. The molecule has 0 radical (unpaired) electrons. The van der Waals surface area contributed by atoms with Gasteiger partial charge in [-0.15, -0.1) is 0 Å². The Labute approximate surface area is 166 Å². The second-order valence-corrected chi connectivity index (χ2v) is 7.93. The summed E-state index contributed by atoms with van der Waals surface area (Å²) in [5, 5.41) is 13.4. The number of hydrogen-bond donors (Lipinski definition) is 2. The minimum absolute atomic E-state index is 0.263. The number of aromatic nitrogens is 1. The zero-order valence-electron chi connectivity index (χ0n) is 16.9. The number of carboxylic acids is 1. The average molecular weight is 387 g/mol. The van der Waals surface area contributed by atoms with E-state index in [-0.39, 0.29) is 5.82 Å². The number of carbonyl (C=O) groups is 1. The van der Waals surface area contributed by atoms with Crippen LogP contribution in [0, 0.1) is 19.7 Å². The molecule has 152 valence electrons. The van der Waals surface area contributed by atoms with Crippen molar-refractivity contribution < 1.29 is 14.3 Å². The van der Waals surface area contributed by atoms with Gasteiger partial charge in [-0.05, 0) is 32.8 Å². The van der Waals surface area contributed by atoms with Gasteiger partial charge in [0.2, 0.25) is 0 Å². The maximum atomic E-state index is 14.1. The van der Waals surface area contributed by atoms with Gasteiger partial charge in [0.05, 0.1) is 12.1 Å². The Morgan fingerprint density at radius 3 is 2.39 bits per heavy atom. The van der Waals surface area contributed by atoms with E-state index >= 15 is 0 Å². The van der Waals surface area contributed by atoms with Gasteiger partial charge >= 0.3 is 5.97 Å². The molecule has 0 unspecified atom stereocenters. The standard InChI is InChI=1S/C23H31FN2O2/c1-16-20(14-25-19-11-6-4-3-5-7-12-19)22(23(27)28)17(2)26(16)15-18-10-8-9-13-21(18)24/h8-10,13,19,25H,3-7,11-12,14-15H2,1-2H3,(H,27,28). The monoisotopic (exact) mass is 386 g/mol. The number of nitrogens with zero attached hydrogens (tertiary/aromatic N) is 1. The summed E-state index contributed by atoms with van der Waals surface area (Å²) in [7, 11) is 0. The first kappa shape index (κ1) is 20.6. The van der Waals surface area contributed by atoms with Gasteiger partial charge in [-0.3, -0.25) is 0 Å². The third-order valence-electron chi connectivity index (χ3n) is 6.08. The molecule has 1 heterocycles. The Balaban J connectivity index is 1.83. The molecule has 2 aromatic rings. The molecule has 0 amide bonds. The zero-order valence-corrected chi connectivity index (χ0v) is 16.9. The Morgan fingerprint density at radius 2 is 1.75 bits per heavy atom. The van der Waals surface area contributed by atoms with Gasteiger partial charge in [0.1, 0.15) is 5.82 Å². The van der Waals surface area contributed by atoms with Crippen molar-refractivity contribution in [3.05, 3.63) is 58.2 Å². The Hall–Kier alpha value is -2.14. The smallest absolute Gasteiger partial charge is 0.337 e. The highest BCUT2D eigenvalue weighted by Gasteiger charge is 2.23. The maximum Gasteiger partial charge on any atom is 0.337 e. The van der Waals surface area contributed by atoms with Crippen molar-refractivity contribution in [3.63, 3.8) is 0 Å². The lowest BCUT2D eigenvalue weighted by molar-refractivity contribution is 0.0694. The second kappa shape index (κ2) is 9.37. The van der Waals surface area contributed by atoms with Gasteiger partial charge in [0, 0.05) is 35.1 Å². The topological polar surface area (TPSA) is 54.3 Å². The quantitative estimate of drug-likeness (QED) is 0.718. The first-order valence-electron chi connectivity index (χ1n) is 10.4. The number of aromatic carboxylic acids is 1. The molecule has 4 nitrogen and oxygen atoms in total. The molecule has 5 heteroatoms. The fourth-order valence-electron chi connectivity index (χ4n) is 4.39. The molecule has 0 saturated heterocycles. The van der Waals surface area contributed by atoms with Crippen molar-refractivity contribution in [1.82, 2.24) is 9.88 Å². The summed E-state index contributed by atoms with van der Waals surface area (Å²) in [4.78, 5) is 12.0. The minimum atomic E-state index is -0.914. The maximum absolute atomic E-state index is 14.1. The Bertz CT molecular complexity index is 820. The van der Waals surface area contributed by atoms with E-state index in [1.54, 1.807) is 12.1 Å². The largest absolute Gasteiger partial charge is 0.478 e. The van der Waals surface area contributed by atoms with E-state index in [9.17, 15) is 14.3 Å². The molecular weight excluding hydrogens is 355 g/mol. The lowest BCUT2D eigenvalue weighted by Gasteiger charge is -2.21. The number of rotatable bonds is 6. The van der Waals surface area contributed by atoms with Crippen molar-refractivity contribution in [2.75, 3.05) is 0 Å². The number of nitrogens with one attached hydrogen (secondary N) is 1. The van der Waals surface area contributed by atoms with Crippen LogP contribution in [0.3, 0.4) is 0 Å². The number of halogens is 1. The molecule has 3 rings (SSSR count). The number of hydrogen-bond acceptors (Lipinski definition) is 2. The summed E-state index contributed by atoms with van der Waals surface area (Å²) >= 11 is 0. The highest BCUT2D eigenvalue weighted by atomic mass is 19.1. The van der Waals surface area contributed by atoms with Crippen LogP contribution in [0.5, 0.6) is 0 Å². The molecule has 0 atom stereocenters. The van der Waals surface area contributed by atoms with Crippen molar-refractivity contribution in [2.24, 2.45) is 0 Å². The van der Waals surface area contributed by atoms with Gasteiger partial charge in [-0.1, -0.05) is 50.3 Å². The van der Waals surface area contributed by atoms with E-state index < -0.39 is 5.97 Å². The van der Waals surface area contributed by atoms with Crippen LogP contribution in [0.15, 0.2) is 24.3 Å². The van der Waals surface area contributed by atoms with Crippen LogP contribution < -0.4 is 5.32 Å². The molecule has 1 aromatic heterocycles. The molecule has 1 saturated carbocycles. The van der Waals surface area contributed by atoms with Gasteiger partial charge < -0.3 is 15.0 Å². The molecule has 0 spiro atoms. The molecular formula is C23H31FN2O2. The summed E-state index contributed by atoms with van der Waals surface area (Å²) in [6.07, 6.45) is 8.66. The molecule has 28 heavy (non-hydrogen) atoms. The highest BCUT2D eigenvalue weighted by molar-refractivity contribution is 5.91. The predicted octanol–water partition coefficient (Wildman–Crippen LogP) is 5.19. The van der Waals surface area contributed by atoms with Crippen LogP contribution in [0.1, 0.15) is 77.8 Å². The third kappa shape index (κ3) is 4.64. The van der Waals surface area contributed by atoms with Gasteiger partial charge in [-0.2, -0.15) is 0 Å². The molecule has 1 aromatic carbocycles. The fourth-order valence-corrected chi connectivity index (χ4v) is 4.39. The average Bonchev–Trinajstić information content (AvgIpc) is 2.87. The second-order valence-electron chi connectivity index (χ2n) is 7.93. The summed E-state index contributed by atoms with van der Waals surface area (Å²) in [6, 6.07) is 7.11. The number of benzene rings is 1. The minimum Gasteiger partial charge on any atom is -0.478 e. The molecule has 2 N–H and O–H groups in total. The van der Waals surface area contributed by atoms with Gasteiger partial charge in [0.15, 0.2) is 0 Å². The van der Waals surface area contributed by atoms with Crippen LogP contribution in [-0.2, 0) is 13.1 Å². The van der Waals surface area contributed by atoms with E-state index in [1.165, 1.54) is 38.2 Å². The molecule has 0 aliphatic heterocycles. The summed E-state index contributed by atoms with van der Waals surface area (Å²) in [5.74, 6) is -1.18. The number of carboxylic acid groups (broad SMARTS) is 1. The van der Waals surface area contributed by atoms with Crippen LogP contribution in [0.2, 0.25) is 0 Å². The zero-order chi connectivity index (χ0) is 20.1. The SMILES string of the molecule is Cc1c(CNC2CCCCCCC2)c(C(=O)O)c(C)n1Cc1ccccc1F. The van der Waals surface area contributed by atoms with Gasteiger partial charge in [0.25, 0.3) is 0 Å². The normalized spacial score (nSPS) is 16.0. The van der Waals surface area contributed by atoms with E-state index in [0.29, 0.717) is 36.0 Å². The Morgan fingerprint density at radius 1 is 1.11 bits per heavy atom. The van der Waals surface area contributed by atoms with Crippen LogP contribution >= 0.6 is 0 Å². The van der Waals surface area contributed by atoms with Crippen LogP contribution in [0.4, 0.5) is 4.39 Å². The van der Waals surface area contributed by atoms with Crippen molar-refractivity contribution >= 4 is 5.97 Å². The molecule has 1 aliphatic rings. The van der Waals surface area contributed by atoms with Crippen LogP contribution in [0.25, 0.3) is 0 Å². The van der Waals surface area contributed by atoms with Gasteiger partial charge in [-0.25, -0.2) is 9.18 Å². The van der Waals surface area contributed by atoms with E-state index in [4.69, 9.17) is 0 Å². The van der Waals surface area contributed by atoms with Crippen molar-refractivity contribution in [1.29, 1.82) is 0 Å². The molecule has 0 bridgehead atoms. The van der Waals surface area contributed by atoms with Crippen molar-refractivity contribution in [3.8, 4) is 0 Å². The first-order valence-corrected chi connectivity index (χ1v) is 10.4. The highest BCUT2D eigenvalue weighted by Crippen LogP contribution is 2.25. The fraction of sp³-hybridized carbons (Fsp3) is 0.522. The van der Waals surface area contributed by atoms with E-state index in [2.05, 4.69) is 5.32 Å².